The van der Waals surface area contributed by atoms with Crippen LogP contribution < -0.4 is 10.6 Å². The molecule has 1 aromatic carbocycles. The minimum Gasteiger partial charge on any atom is -0.368 e. The number of nitrogens with two attached hydrogens (primary N) is 1. The summed E-state index contributed by atoms with van der Waals surface area (Å²) in [7, 11) is 0. The molecule has 1 aliphatic rings. The lowest BCUT2D eigenvalue weighted by atomic mass is 10.1. The molecule has 0 radical (unpaired) electrons. The summed E-state index contributed by atoms with van der Waals surface area (Å²) in [6.07, 6.45) is 2.02. The van der Waals surface area contributed by atoms with Gasteiger partial charge in [0.15, 0.2) is 5.82 Å². The molecule has 0 aromatic heterocycles. The first-order valence-corrected chi connectivity index (χ1v) is 5.51. The van der Waals surface area contributed by atoms with Crippen LogP contribution in [0.2, 0.25) is 5.02 Å². The Kier molecular flexibility index (Phi) is 3.12. The molecule has 1 unspecified atom stereocenters. The van der Waals surface area contributed by atoms with E-state index in [9.17, 15) is 4.39 Å². The SMILES string of the molecule is NC1CCCN(c2cccc(Cl)c2F)C1. The van der Waals surface area contributed by atoms with Crippen LogP contribution in [0, 0.1) is 5.82 Å². The van der Waals surface area contributed by atoms with E-state index in [1.807, 2.05) is 4.90 Å². The molecule has 0 spiro atoms. The van der Waals surface area contributed by atoms with Crippen molar-refractivity contribution in [3.8, 4) is 0 Å². The standard InChI is InChI=1S/C11H14ClFN2/c12-9-4-1-5-10(11(9)13)15-6-2-3-8(14)7-15/h1,4-5,8H,2-3,6-7,14H2. The highest BCUT2D eigenvalue weighted by molar-refractivity contribution is 6.31. The molecule has 0 amide bonds. The van der Waals surface area contributed by atoms with E-state index in [-0.39, 0.29) is 16.9 Å². The van der Waals surface area contributed by atoms with Gasteiger partial charge in [0.05, 0.1) is 10.7 Å². The summed E-state index contributed by atoms with van der Waals surface area (Å²) in [5.74, 6) is -0.340. The average Bonchev–Trinajstić information content (AvgIpc) is 2.22. The van der Waals surface area contributed by atoms with Crippen molar-refractivity contribution in [3.63, 3.8) is 0 Å². The molecular formula is C11H14ClFN2. The molecule has 1 fully saturated rings. The van der Waals surface area contributed by atoms with Crippen LogP contribution in [0.25, 0.3) is 0 Å². The van der Waals surface area contributed by atoms with Crippen molar-refractivity contribution in [2.75, 3.05) is 18.0 Å². The molecule has 0 saturated carbocycles. The Balaban J connectivity index is 2.24. The van der Waals surface area contributed by atoms with E-state index in [1.54, 1.807) is 18.2 Å². The Bertz CT molecular complexity index is 356. The van der Waals surface area contributed by atoms with Gasteiger partial charge in [0, 0.05) is 19.1 Å². The second kappa shape index (κ2) is 4.37. The third-order valence-corrected chi connectivity index (χ3v) is 3.02. The van der Waals surface area contributed by atoms with Crippen LogP contribution in [0.5, 0.6) is 0 Å². The van der Waals surface area contributed by atoms with Crippen LogP contribution in [0.4, 0.5) is 10.1 Å². The highest BCUT2D eigenvalue weighted by Gasteiger charge is 2.20. The number of piperidine rings is 1. The van der Waals surface area contributed by atoms with E-state index < -0.39 is 0 Å². The minimum absolute atomic E-state index is 0.136. The summed E-state index contributed by atoms with van der Waals surface area (Å²) < 4.78 is 13.7. The van der Waals surface area contributed by atoms with Crippen molar-refractivity contribution in [1.29, 1.82) is 0 Å². The minimum atomic E-state index is -0.340. The number of anilines is 1. The lowest BCUT2D eigenvalue weighted by molar-refractivity contribution is 0.498. The van der Waals surface area contributed by atoms with Gasteiger partial charge in [0.2, 0.25) is 0 Å². The second-order valence-corrected chi connectivity index (χ2v) is 4.33. The number of hydrogen-bond donors (Lipinski definition) is 1. The topological polar surface area (TPSA) is 29.3 Å². The van der Waals surface area contributed by atoms with Gasteiger partial charge in [-0.25, -0.2) is 4.39 Å². The number of nitrogens with zero attached hydrogens (tertiary/aromatic N) is 1. The maximum atomic E-state index is 13.7. The summed E-state index contributed by atoms with van der Waals surface area (Å²) in [5, 5.41) is 0.173. The second-order valence-electron chi connectivity index (χ2n) is 3.92. The summed E-state index contributed by atoms with van der Waals surface area (Å²) in [4.78, 5) is 1.97. The quantitative estimate of drug-likeness (QED) is 0.800. The molecule has 82 valence electrons. The zero-order valence-corrected chi connectivity index (χ0v) is 9.17. The number of halogens is 2. The summed E-state index contributed by atoms with van der Waals surface area (Å²) >= 11 is 5.74. The Morgan fingerprint density at radius 3 is 3.00 bits per heavy atom. The van der Waals surface area contributed by atoms with E-state index in [0.717, 1.165) is 19.4 Å². The van der Waals surface area contributed by atoms with Gasteiger partial charge in [-0.2, -0.15) is 0 Å². The molecular weight excluding hydrogens is 215 g/mol. The van der Waals surface area contributed by atoms with Gasteiger partial charge in [-0.1, -0.05) is 17.7 Å². The lowest BCUT2D eigenvalue weighted by Gasteiger charge is -2.32. The average molecular weight is 229 g/mol. The monoisotopic (exact) mass is 228 g/mol. The maximum absolute atomic E-state index is 13.7. The van der Waals surface area contributed by atoms with Gasteiger partial charge < -0.3 is 10.6 Å². The van der Waals surface area contributed by atoms with E-state index in [4.69, 9.17) is 17.3 Å². The van der Waals surface area contributed by atoms with E-state index in [2.05, 4.69) is 0 Å². The highest BCUT2D eigenvalue weighted by Crippen LogP contribution is 2.27. The van der Waals surface area contributed by atoms with Gasteiger partial charge >= 0.3 is 0 Å². The summed E-state index contributed by atoms with van der Waals surface area (Å²) in [6, 6.07) is 5.21. The van der Waals surface area contributed by atoms with Gasteiger partial charge in [0.25, 0.3) is 0 Å². The molecule has 1 atom stereocenters. The predicted octanol–water partition coefficient (Wildman–Crippen LogP) is 2.41. The number of benzene rings is 1. The van der Waals surface area contributed by atoms with Crippen molar-refractivity contribution >= 4 is 17.3 Å². The summed E-state index contributed by atoms with van der Waals surface area (Å²) in [5.41, 5.74) is 6.42. The molecule has 0 bridgehead atoms. The first-order valence-electron chi connectivity index (χ1n) is 5.13. The molecule has 1 aliphatic heterocycles. The molecule has 0 aliphatic carbocycles. The Morgan fingerprint density at radius 1 is 1.47 bits per heavy atom. The summed E-state index contributed by atoms with van der Waals surface area (Å²) in [6.45, 7) is 1.56. The molecule has 2 rings (SSSR count). The third kappa shape index (κ3) is 2.24. The van der Waals surface area contributed by atoms with E-state index in [1.165, 1.54) is 0 Å². The fraction of sp³-hybridized carbons (Fsp3) is 0.455. The molecule has 2 nitrogen and oxygen atoms in total. The molecule has 1 saturated heterocycles. The largest absolute Gasteiger partial charge is 0.368 e. The molecule has 2 N–H and O–H groups in total. The van der Waals surface area contributed by atoms with Crippen molar-refractivity contribution in [2.24, 2.45) is 5.73 Å². The predicted molar refractivity (Wildman–Crippen MR) is 60.8 cm³/mol. The van der Waals surface area contributed by atoms with E-state index >= 15 is 0 Å². The van der Waals surface area contributed by atoms with Crippen molar-refractivity contribution in [1.82, 2.24) is 0 Å². The number of rotatable bonds is 1. The normalized spacial score (nSPS) is 21.8. The van der Waals surface area contributed by atoms with Crippen molar-refractivity contribution < 1.29 is 4.39 Å². The molecule has 1 heterocycles. The third-order valence-electron chi connectivity index (χ3n) is 2.73. The van der Waals surface area contributed by atoms with Crippen LogP contribution >= 0.6 is 11.6 Å². The van der Waals surface area contributed by atoms with Crippen LogP contribution in [0.3, 0.4) is 0 Å². The van der Waals surface area contributed by atoms with Crippen LogP contribution in [-0.2, 0) is 0 Å². The maximum Gasteiger partial charge on any atom is 0.165 e. The van der Waals surface area contributed by atoms with Crippen molar-refractivity contribution in [3.05, 3.63) is 29.0 Å². The Hall–Kier alpha value is -0.800. The van der Waals surface area contributed by atoms with Gasteiger partial charge in [-0.15, -0.1) is 0 Å². The highest BCUT2D eigenvalue weighted by atomic mass is 35.5. The number of hydrogen-bond acceptors (Lipinski definition) is 2. The van der Waals surface area contributed by atoms with Gasteiger partial charge in [-0.3, -0.25) is 0 Å². The fourth-order valence-electron chi connectivity index (χ4n) is 1.97. The molecule has 15 heavy (non-hydrogen) atoms. The first-order chi connectivity index (χ1) is 7.18. The fourth-order valence-corrected chi connectivity index (χ4v) is 2.13. The Labute approximate surface area is 93.8 Å². The van der Waals surface area contributed by atoms with Crippen molar-refractivity contribution in [2.45, 2.75) is 18.9 Å². The Morgan fingerprint density at radius 2 is 2.27 bits per heavy atom. The molecule has 4 heteroatoms. The zero-order valence-electron chi connectivity index (χ0n) is 8.42. The first kappa shape index (κ1) is 10.7. The van der Waals surface area contributed by atoms with Crippen LogP contribution in [0.15, 0.2) is 18.2 Å². The lowest BCUT2D eigenvalue weighted by Crippen LogP contribution is -2.43. The smallest absolute Gasteiger partial charge is 0.165 e. The zero-order chi connectivity index (χ0) is 10.8. The van der Waals surface area contributed by atoms with Gasteiger partial charge in [0.1, 0.15) is 0 Å². The van der Waals surface area contributed by atoms with E-state index in [0.29, 0.717) is 12.2 Å². The molecule has 1 aromatic rings. The van der Waals surface area contributed by atoms with Crippen LogP contribution in [0.1, 0.15) is 12.8 Å². The van der Waals surface area contributed by atoms with Crippen LogP contribution in [-0.4, -0.2) is 19.1 Å². The van der Waals surface area contributed by atoms with Gasteiger partial charge in [-0.05, 0) is 25.0 Å².